The fourth-order valence-electron chi connectivity index (χ4n) is 2.14. The maximum Gasteiger partial charge on any atom is 0.314 e. The van der Waals surface area contributed by atoms with Crippen molar-refractivity contribution in [3.8, 4) is 11.5 Å². The average Bonchev–Trinajstić information content (AvgIpc) is 2.60. The highest BCUT2D eigenvalue weighted by molar-refractivity contribution is 5.78. The quantitative estimate of drug-likeness (QED) is 0.622. The molecular formula is C17H18N2O5. The topological polar surface area (TPSA) is 90.7 Å². The average molecular weight is 330 g/mol. The van der Waals surface area contributed by atoms with E-state index >= 15 is 0 Å². The van der Waals surface area contributed by atoms with Crippen LogP contribution in [-0.2, 0) is 4.79 Å². The number of nitro groups is 1. The monoisotopic (exact) mass is 330 g/mol. The van der Waals surface area contributed by atoms with Crippen molar-refractivity contribution in [2.24, 2.45) is 0 Å². The molecule has 0 heterocycles. The zero-order valence-electron chi connectivity index (χ0n) is 13.4. The number of nitro benzene ring substituents is 1. The van der Waals surface area contributed by atoms with E-state index in [2.05, 4.69) is 5.32 Å². The van der Waals surface area contributed by atoms with E-state index in [4.69, 9.17) is 9.47 Å². The minimum atomic E-state index is -0.581. The van der Waals surface area contributed by atoms with Crippen LogP contribution in [0.25, 0.3) is 0 Å². The van der Waals surface area contributed by atoms with Gasteiger partial charge in [0.25, 0.3) is 5.91 Å². The third-order valence-corrected chi connectivity index (χ3v) is 3.40. The van der Waals surface area contributed by atoms with Gasteiger partial charge in [0.1, 0.15) is 5.75 Å². The number of hydrogen-bond donors (Lipinski definition) is 1. The Hall–Kier alpha value is -3.09. The van der Waals surface area contributed by atoms with Crippen LogP contribution in [-0.4, -0.2) is 24.5 Å². The lowest BCUT2D eigenvalue weighted by Gasteiger charge is -2.14. The molecule has 0 aliphatic carbocycles. The second-order valence-corrected chi connectivity index (χ2v) is 5.08. The number of benzene rings is 2. The molecule has 1 N–H and O–H groups in total. The maximum absolute atomic E-state index is 12.0. The van der Waals surface area contributed by atoms with Gasteiger partial charge in [0.05, 0.1) is 24.1 Å². The molecule has 0 saturated carbocycles. The van der Waals surface area contributed by atoms with Crippen LogP contribution in [0.2, 0.25) is 0 Å². The molecule has 2 aromatic carbocycles. The largest absolute Gasteiger partial charge is 0.496 e. The van der Waals surface area contributed by atoms with Crippen molar-refractivity contribution in [1.29, 1.82) is 0 Å². The summed E-state index contributed by atoms with van der Waals surface area (Å²) in [4.78, 5) is 22.5. The summed E-state index contributed by atoms with van der Waals surface area (Å²) in [5, 5.41) is 13.8. The first-order chi connectivity index (χ1) is 11.5. The number of nitrogens with one attached hydrogen (secondary N) is 1. The zero-order valence-corrected chi connectivity index (χ0v) is 13.4. The third kappa shape index (κ3) is 4.45. The minimum Gasteiger partial charge on any atom is -0.496 e. The molecule has 0 spiro atoms. The van der Waals surface area contributed by atoms with Crippen LogP contribution in [0.4, 0.5) is 5.69 Å². The van der Waals surface area contributed by atoms with Gasteiger partial charge in [-0.2, -0.15) is 0 Å². The highest BCUT2D eigenvalue weighted by Gasteiger charge is 2.18. The van der Waals surface area contributed by atoms with Gasteiger partial charge in [-0.3, -0.25) is 14.9 Å². The van der Waals surface area contributed by atoms with Crippen molar-refractivity contribution in [2.45, 2.75) is 13.0 Å². The van der Waals surface area contributed by atoms with Crippen molar-refractivity contribution < 1.29 is 19.2 Å². The number of amides is 1. The van der Waals surface area contributed by atoms with Crippen LogP contribution in [0, 0.1) is 10.1 Å². The molecule has 0 aliphatic heterocycles. The fourth-order valence-corrected chi connectivity index (χ4v) is 2.14. The molecule has 126 valence electrons. The molecule has 0 aliphatic rings. The van der Waals surface area contributed by atoms with Crippen LogP contribution in [0.15, 0.2) is 48.5 Å². The van der Waals surface area contributed by atoms with Crippen LogP contribution in [0.5, 0.6) is 11.5 Å². The second kappa shape index (κ2) is 7.96. The zero-order chi connectivity index (χ0) is 17.5. The number of ether oxygens (including phenoxy) is 2. The third-order valence-electron chi connectivity index (χ3n) is 3.40. The van der Waals surface area contributed by atoms with Crippen LogP contribution in [0.3, 0.4) is 0 Å². The molecule has 0 radical (unpaired) electrons. The van der Waals surface area contributed by atoms with Crippen LogP contribution >= 0.6 is 0 Å². The summed E-state index contributed by atoms with van der Waals surface area (Å²) in [6.07, 6.45) is 0. The molecule has 0 bridgehead atoms. The highest BCUT2D eigenvalue weighted by Crippen LogP contribution is 2.30. The lowest BCUT2D eigenvalue weighted by atomic mass is 10.1. The molecule has 2 rings (SSSR count). The van der Waals surface area contributed by atoms with E-state index in [9.17, 15) is 14.9 Å². The van der Waals surface area contributed by atoms with Gasteiger partial charge in [-0.05, 0) is 24.6 Å². The lowest BCUT2D eigenvalue weighted by molar-refractivity contribution is -0.385. The van der Waals surface area contributed by atoms with E-state index in [-0.39, 0.29) is 30.0 Å². The van der Waals surface area contributed by atoms with Crippen molar-refractivity contribution in [2.75, 3.05) is 13.7 Å². The summed E-state index contributed by atoms with van der Waals surface area (Å²) < 4.78 is 10.2. The van der Waals surface area contributed by atoms with E-state index in [1.165, 1.54) is 25.3 Å². The molecule has 2 aromatic rings. The van der Waals surface area contributed by atoms with Gasteiger partial charge < -0.3 is 14.8 Å². The van der Waals surface area contributed by atoms with Gasteiger partial charge in [0.2, 0.25) is 0 Å². The number of carbonyl (C=O) groups is 1. The van der Waals surface area contributed by atoms with Crippen LogP contribution < -0.4 is 14.8 Å². The Bertz CT molecular complexity index is 718. The van der Waals surface area contributed by atoms with E-state index in [1.54, 1.807) is 0 Å². The summed E-state index contributed by atoms with van der Waals surface area (Å²) in [7, 11) is 1.41. The molecule has 24 heavy (non-hydrogen) atoms. The number of hydrogen-bond acceptors (Lipinski definition) is 5. The molecule has 0 fully saturated rings. The molecule has 1 atom stereocenters. The number of nitrogens with zero attached hydrogens (tertiary/aromatic N) is 1. The fraction of sp³-hybridized carbons (Fsp3) is 0.235. The van der Waals surface area contributed by atoms with Gasteiger partial charge in [0.15, 0.2) is 12.4 Å². The molecule has 1 amide bonds. The summed E-state index contributed by atoms with van der Waals surface area (Å²) in [5.41, 5.74) is 0.708. The van der Waals surface area contributed by atoms with Gasteiger partial charge in [0, 0.05) is 0 Å². The number of rotatable bonds is 7. The van der Waals surface area contributed by atoms with Gasteiger partial charge in [-0.1, -0.05) is 30.3 Å². The molecule has 0 saturated heterocycles. The SMILES string of the molecule is COc1ccc(OCC(=O)N[C@H](C)c2ccccc2)c([N+](=O)[O-])c1. The van der Waals surface area contributed by atoms with Gasteiger partial charge in [-0.25, -0.2) is 0 Å². The number of methoxy groups -OCH3 is 1. The summed E-state index contributed by atoms with van der Waals surface area (Å²) >= 11 is 0. The van der Waals surface area contributed by atoms with Crippen molar-refractivity contribution in [3.63, 3.8) is 0 Å². The maximum atomic E-state index is 12.0. The Morgan fingerprint density at radius 2 is 1.96 bits per heavy atom. The first-order valence-electron chi connectivity index (χ1n) is 7.31. The number of carbonyl (C=O) groups excluding carboxylic acids is 1. The van der Waals surface area contributed by atoms with Crippen LogP contribution in [0.1, 0.15) is 18.5 Å². The Morgan fingerprint density at radius 3 is 2.58 bits per heavy atom. The summed E-state index contributed by atoms with van der Waals surface area (Å²) in [5.74, 6) is -0.00372. The Balaban J connectivity index is 1.98. The van der Waals surface area contributed by atoms with Crippen molar-refractivity contribution >= 4 is 11.6 Å². The van der Waals surface area contributed by atoms with E-state index in [0.717, 1.165) is 5.56 Å². The minimum absolute atomic E-state index is 0.0170. The Labute approximate surface area is 139 Å². The smallest absolute Gasteiger partial charge is 0.314 e. The normalized spacial score (nSPS) is 11.4. The van der Waals surface area contributed by atoms with Crippen molar-refractivity contribution in [1.82, 2.24) is 5.32 Å². The first kappa shape index (κ1) is 17.3. The Kier molecular flexibility index (Phi) is 5.73. The first-order valence-corrected chi connectivity index (χ1v) is 7.31. The molecule has 7 nitrogen and oxygen atoms in total. The molecule has 0 unspecified atom stereocenters. The summed E-state index contributed by atoms with van der Waals surface area (Å²) in [6.45, 7) is 1.54. The standard InChI is InChI=1S/C17H18N2O5/c1-12(13-6-4-3-5-7-13)18-17(20)11-24-16-9-8-14(23-2)10-15(16)19(21)22/h3-10,12H,11H2,1-2H3,(H,18,20)/t12-/m1/s1. The predicted molar refractivity (Wildman–Crippen MR) is 88.1 cm³/mol. The van der Waals surface area contributed by atoms with E-state index in [1.807, 2.05) is 37.3 Å². The molecular weight excluding hydrogens is 312 g/mol. The predicted octanol–water partition coefficient (Wildman–Crippen LogP) is 2.86. The summed E-state index contributed by atoms with van der Waals surface area (Å²) in [6, 6.07) is 13.5. The molecule has 0 aromatic heterocycles. The van der Waals surface area contributed by atoms with Crippen molar-refractivity contribution in [3.05, 3.63) is 64.2 Å². The van der Waals surface area contributed by atoms with Gasteiger partial charge in [-0.15, -0.1) is 0 Å². The molecule has 7 heteroatoms. The second-order valence-electron chi connectivity index (χ2n) is 5.08. The van der Waals surface area contributed by atoms with E-state index < -0.39 is 4.92 Å². The Morgan fingerprint density at radius 1 is 1.25 bits per heavy atom. The highest BCUT2D eigenvalue weighted by atomic mass is 16.6. The van der Waals surface area contributed by atoms with Gasteiger partial charge >= 0.3 is 5.69 Å². The lowest BCUT2D eigenvalue weighted by Crippen LogP contribution is -2.31. The van der Waals surface area contributed by atoms with E-state index in [0.29, 0.717) is 5.75 Å².